The van der Waals surface area contributed by atoms with E-state index in [-0.39, 0.29) is 35.6 Å². The lowest BCUT2D eigenvalue weighted by Gasteiger charge is -2.16. The molecule has 0 amide bonds. The number of hydrogen-bond donors (Lipinski definition) is 3. The van der Waals surface area contributed by atoms with Crippen LogP contribution in [0.25, 0.3) is 33.2 Å². The second-order valence-electron chi connectivity index (χ2n) is 15.2. The van der Waals surface area contributed by atoms with Crippen LogP contribution >= 0.6 is 0 Å². The third kappa shape index (κ3) is 7.56. The predicted molar refractivity (Wildman–Crippen MR) is 216 cm³/mol. The molecule has 4 aromatic carbocycles. The minimum Gasteiger partial charge on any atom is -0.427 e. The van der Waals surface area contributed by atoms with Crippen molar-refractivity contribution >= 4 is 53.5 Å². The van der Waals surface area contributed by atoms with Gasteiger partial charge in [0.25, 0.3) is 0 Å². The van der Waals surface area contributed by atoms with E-state index in [9.17, 15) is 28.6 Å². The first-order valence-corrected chi connectivity index (χ1v) is 18.9. The van der Waals surface area contributed by atoms with E-state index in [1.165, 1.54) is 29.8 Å². The maximum atomic E-state index is 13.5. The van der Waals surface area contributed by atoms with Crippen LogP contribution in [0.2, 0.25) is 6.32 Å². The van der Waals surface area contributed by atoms with Gasteiger partial charge in [-0.05, 0) is 138 Å². The quantitative estimate of drug-likeness (QED) is 0.126. The van der Waals surface area contributed by atoms with Crippen LogP contribution in [0.15, 0.2) is 77.8 Å². The highest BCUT2D eigenvalue weighted by atomic mass is 19.1. The molecule has 8 nitrogen and oxygen atoms in total. The van der Waals surface area contributed by atoms with Crippen molar-refractivity contribution in [1.82, 2.24) is 9.13 Å². The smallest absolute Gasteiger partial charge is 0.427 e. The highest BCUT2D eigenvalue weighted by Gasteiger charge is 2.31. The highest BCUT2D eigenvalue weighted by Crippen LogP contribution is 2.38. The van der Waals surface area contributed by atoms with E-state index in [2.05, 4.69) is 54.0 Å². The number of hydrogen-bond acceptors (Lipinski definition) is 6. The van der Waals surface area contributed by atoms with Gasteiger partial charge < -0.3 is 33.7 Å². The lowest BCUT2D eigenvalue weighted by Crippen LogP contribution is -2.27. The number of carbonyl (C=O) groups excluding carboxylic acids is 1. The molecule has 0 radical (unpaired) electrons. The lowest BCUT2D eigenvalue weighted by atomic mass is 9.78. The Morgan fingerprint density at radius 2 is 1.36 bits per heavy atom. The molecular weight excluding hydrogens is 698 g/mol. The third-order valence-corrected chi connectivity index (χ3v) is 10.5. The number of aromatic nitrogens is 2. The molecule has 2 aliphatic heterocycles. The number of Topliss-reactive ketones (excluding diaryl/α,β-unsaturated/α-hetero) is 1. The van der Waals surface area contributed by atoms with Crippen LogP contribution in [0, 0.1) is 11.6 Å². The van der Waals surface area contributed by atoms with Crippen molar-refractivity contribution in [2.75, 3.05) is 0 Å². The van der Waals surface area contributed by atoms with Gasteiger partial charge in [0, 0.05) is 46.2 Å². The Bertz CT molecular complexity index is 2420. The average Bonchev–Trinajstić information content (AvgIpc) is 3.91. The summed E-state index contributed by atoms with van der Waals surface area (Å²) in [6.07, 6.45) is 3.82. The summed E-state index contributed by atoms with van der Waals surface area (Å²) in [5.41, 5.74) is 12.3. The molecule has 0 atom stereocenters. The Kier molecular flexibility index (Phi) is 11.0. The summed E-state index contributed by atoms with van der Waals surface area (Å²) in [6.45, 7) is 11.1. The fourth-order valence-electron chi connectivity index (χ4n) is 8.12. The number of fused-ring (bicyclic) bond motifs is 4. The van der Waals surface area contributed by atoms with E-state index in [1.807, 2.05) is 18.3 Å². The van der Waals surface area contributed by atoms with Crippen molar-refractivity contribution in [3.05, 3.63) is 124 Å². The zero-order chi connectivity index (χ0) is 39.1. The largest absolute Gasteiger partial charge is 0.491 e. The molecule has 2 aromatic heterocycles. The molecular formula is C43H45B2F2N3O5. The van der Waals surface area contributed by atoms with Crippen LogP contribution in [-0.2, 0) is 35.4 Å². The molecule has 12 heteroatoms. The van der Waals surface area contributed by atoms with Crippen LogP contribution in [0.4, 0.5) is 8.78 Å². The number of halogens is 2. The van der Waals surface area contributed by atoms with Gasteiger partial charge in [0.1, 0.15) is 17.4 Å². The molecule has 2 aliphatic rings. The van der Waals surface area contributed by atoms with Gasteiger partial charge in [-0.1, -0.05) is 33.8 Å². The van der Waals surface area contributed by atoms with Gasteiger partial charge in [-0.2, -0.15) is 0 Å². The zero-order valence-corrected chi connectivity index (χ0v) is 31.8. The minimum atomic E-state index is -1.34. The Morgan fingerprint density at radius 3 is 1.91 bits per heavy atom. The van der Waals surface area contributed by atoms with E-state index in [4.69, 9.17) is 4.65 Å². The first-order valence-electron chi connectivity index (χ1n) is 18.9. The fourth-order valence-corrected chi connectivity index (χ4v) is 8.12. The SMILES string of the molecule is CC(=O)CCc1c(C(C)C)n(-c2ccc(F)cc2)c2cc3c(cc12)B(O)OC3.CC(C)c1c(CCB(O)O)c2cc3c(cc2n1-c1ccc(F)cc1)C=NC3. The fraction of sp³-hybridized carbons (Fsp3) is 0.302. The molecule has 6 aromatic rings. The summed E-state index contributed by atoms with van der Waals surface area (Å²) in [5, 5.41) is 31.1. The number of ketones is 1. The van der Waals surface area contributed by atoms with Crippen molar-refractivity contribution in [3.8, 4) is 11.4 Å². The lowest BCUT2D eigenvalue weighted by molar-refractivity contribution is -0.116. The molecule has 3 N–H and O–H groups in total. The van der Waals surface area contributed by atoms with Gasteiger partial charge in [0.2, 0.25) is 0 Å². The number of aliphatic imine (C=N–C) groups is 1. The molecule has 0 spiro atoms. The van der Waals surface area contributed by atoms with Crippen LogP contribution in [0.3, 0.4) is 0 Å². The third-order valence-electron chi connectivity index (χ3n) is 10.5. The summed E-state index contributed by atoms with van der Waals surface area (Å²) in [4.78, 5) is 16.0. The van der Waals surface area contributed by atoms with Gasteiger partial charge >= 0.3 is 14.2 Å². The molecule has 8 rings (SSSR count). The summed E-state index contributed by atoms with van der Waals surface area (Å²) in [5.74, 6) is 0.0209. The van der Waals surface area contributed by atoms with Crippen molar-refractivity contribution < 1.29 is 33.3 Å². The standard InChI is InChI=1S/C22H23BFNO3.C21H22BFN2O2/c1-13(2)22-18(9-4-14(3)26)19-11-20-15(12-28-23(20)27)10-21(19)25(22)17-7-5-16(24)6-8-17;1-13(2)21-18(7-8-22(26)27)19-9-14-11-24-12-15(14)10-20(19)25(21)17-5-3-16(23)4-6-17/h5-8,10-11,13,27H,4,9,12H2,1-3H3;3-6,9-10,12-13,26-27H,7-8,11H2,1-2H3. The van der Waals surface area contributed by atoms with Gasteiger partial charge in [0.05, 0.1) is 24.2 Å². The summed E-state index contributed by atoms with van der Waals surface area (Å²) in [7, 11) is -2.26. The molecule has 0 aliphatic carbocycles. The molecule has 0 saturated carbocycles. The van der Waals surface area contributed by atoms with Crippen molar-refractivity contribution in [2.24, 2.45) is 4.99 Å². The molecule has 0 unspecified atom stereocenters. The number of rotatable bonds is 10. The Morgan fingerprint density at radius 1 is 0.818 bits per heavy atom. The Labute approximate surface area is 320 Å². The molecule has 0 bridgehead atoms. The predicted octanol–water partition coefficient (Wildman–Crippen LogP) is 7.47. The van der Waals surface area contributed by atoms with Gasteiger partial charge in [0.15, 0.2) is 0 Å². The molecule has 282 valence electrons. The van der Waals surface area contributed by atoms with Crippen molar-refractivity contribution in [3.63, 3.8) is 0 Å². The second-order valence-corrected chi connectivity index (χ2v) is 15.2. The maximum absolute atomic E-state index is 13.5. The summed E-state index contributed by atoms with van der Waals surface area (Å²) in [6, 6.07) is 21.3. The van der Waals surface area contributed by atoms with Gasteiger partial charge in [-0.25, -0.2) is 8.78 Å². The molecule has 55 heavy (non-hydrogen) atoms. The number of nitrogens with zero attached hydrogens (tertiary/aromatic N) is 3. The molecule has 0 fully saturated rings. The maximum Gasteiger partial charge on any atom is 0.491 e. The van der Waals surface area contributed by atoms with E-state index in [0.717, 1.165) is 72.3 Å². The molecule has 4 heterocycles. The molecule has 0 saturated heterocycles. The normalized spacial score (nSPS) is 13.3. The average molecular weight is 743 g/mol. The van der Waals surface area contributed by atoms with Crippen molar-refractivity contribution in [1.29, 1.82) is 0 Å². The summed E-state index contributed by atoms with van der Waals surface area (Å²) < 4.78 is 36.7. The van der Waals surface area contributed by atoms with Crippen LogP contribution < -0.4 is 5.46 Å². The minimum absolute atomic E-state index is 0.141. The van der Waals surface area contributed by atoms with E-state index >= 15 is 0 Å². The number of benzene rings is 4. The topological polar surface area (TPSA) is 109 Å². The monoisotopic (exact) mass is 743 g/mol. The zero-order valence-electron chi connectivity index (χ0n) is 31.8. The van der Waals surface area contributed by atoms with Gasteiger partial charge in [-0.3, -0.25) is 4.99 Å². The number of aryl methyl sites for hydroxylation is 2. The second kappa shape index (κ2) is 15.7. The van der Waals surface area contributed by atoms with E-state index < -0.39 is 14.2 Å². The Balaban J connectivity index is 0.000000169. The Hall–Kier alpha value is -4.87. The van der Waals surface area contributed by atoms with E-state index in [0.29, 0.717) is 32.4 Å². The van der Waals surface area contributed by atoms with E-state index in [1.54, 1.807) is 31.2 Å². The van der Waals surface area contributed by atoms with Gasteiger partial charge in [-0.15, -0.1) is 0 Å². The first-order chi connectivity index (χ1) is 26.3. The van der Waals surface area contributed by atoms with Crippen molar-refractivity contribution in [2.45, 2.75) is 85.2 Å². The van der Waals surface area contributed by atoms with Crippen LogP contribution in [0.1, 0.15) is 92.1 Å². The summed E-state index contributed by atoms with van der Waals surface area (Å²) >= 11 is 0. The van der Waals surface area contributed by atoms with Crippen LogP contribution in [-0.4, -0.2) is 50.4 Å². The highest BCUT2D eigenvalue weighted by molar-refractivity contribution is 6.62. The first kappa shape index (κ1) is 38.4. The van der Waals surface area contributed by atoms with Crippen LogP contribution in [0.5, 0.6) is 0 Å². The number of carbonyl (C=O) groups is 1.